The Kier molecular flexibility index (Phi) is 4.29. The second-order valence-corrected chi connectivity index (χ2v) is 6.33. The maximum Gasteiger partial charge on any atom is 0.265 e. The van der Waals surface area contributed by atoms with Crippen LogP contribution in [0.4, 0.5) is 0 Å². The van der Waals surface area contributed by atoms with Crippen LogP contribution >= 0.6 is 11.8 Å². The molecule has 7 heteroatoms. The fourth-order valence-electron chi connectivity index (χ4n) is 1.37. The summed E-state index contributed by atoms with van der Waals surface area (Å²) in [5.74, 6) is -0.212. The van der Waals surface area contributed by atoms with Gasteiger partial charge in [-0.1, -0.05) is 0 Å². The largest absolute Gasteiger partial charge is 0.507 e. The van der Waals surface area contributed by atoms with E-state index in [1.54, 1.807) is 13.8 Å². The maximum absolute atomic E-state index is 10.5. The molecule has 0 amide bonds. The average Bonchev–Trinajstić information content (AvgIpc) is 2.18. The third kappa shape index (κ3) is 3.79. The molecule has 0 aliphatic carbocycles. The Morgan fingerprint density at radius 1 is 1.29 bits per heavy atom. The Morgan fingerprint density at radius 3 is 2.41 bits per heavy atom. The molecular formula is C10H14O5S2. The molecule has 0 aromatic heterocycles. The van der Waals surface area contributed by atoms with Crippen LogP contribution in [-0.4, -0.2) is 34.7 Å². The lowest BCUT2D eigenvalue weighted by Gasteiger charge is -2.11. The Morgan fingerprint density at radius 2 is 1.88 bits per heavy atom. The molecule has 0 atom stereocenters. The highest BCUT2D eigenvalue weighted by molar-refractivity contribution is 8.00. The second kappa shape index (κ2) is 5.16. The molecule has 0 unspecified atom stereocenters. The van der Waals surface area contributed by atoms with Crippen LogP contribution in [0.5, 0.6) is 11.5 Å². The maximum atomic E-state index is 10.5. The van der Waals surface area contributed by atoms with Crippen LogP contribution in [-0.2, 0) is 10.1 Å². The third-order valence-electron chi connectivity index (χ3n) is 2.24. The normalized spacial score (nSPS) is 11.7. The second-order valence-electron chi connectivity index (χ2n) is 3.65. The van der Waals surface area contributed by atoms with Gasteiger partial charge in [-0.2, -0.15) is 8.42 Å². The minimum atomic E-state index is -4.00. The molecule has 0 heterocycles. The van der Waals surface area contributed by atoms with Crippen molar-refractivity contribution >= 4 is 21.9 Å². The molecule has 0 spiro atoms. The van der Waals surface area contributed by atoms with Gasteiger partial charge in [0.25, 0.3) is 10.1 Å². The van der Waals surface area contributed by atoms with Gasteiger partial charge in [0.1, 0.15) is 11.5 Å². The zero-order chi connectivity index (χ0) is 13.2. The van der Waals surface area contributed by atoms with E-state index in [4.69, 9.17) is 4.55 Å². The Labute approximate surface area is 104 Å². The lowest BCUT2D eigenvalue weighted by Crippen LogP contribution is -2.06. The summed E-state index contributed by atoms with van der Waals surface area (Å²) in [6.07, 6.45) is 0. The molecule has 96 valence electrons. The van der Waals surface area contributed by atoms with E-state index in [1.807, 2.05) is 0 Å². The first-order valence-electron chi connectivity index (χ1n) is 4.82. The minimum Gasteiger partial charge on any atom is -0.507 e. The lowest BCUT2D eigenvalue weighted by molar-refractivity contribution is 0.441. The van der Waals surface area contributed by atoms with E-state index < -0.39 is 15.9 Å². The number of thioether (sulfide) groups is 1. The van der Waals surface area contributed by atoms with Gasteiger partial charge in [0, 0.05) is 11.3 Å². The van der Waals surface area contributed by atoms with E-state index in [1.165, 1.54) is 6.07 Å². The fraction of sp³-hybridized carbons (Fsp3) is 0.400. The van der Waals surface area contributed by atoms with E-state index in [0.29, 0.717) is 16.0 Å². The van der Waals surface area contributed by atoms with Crippen LogP contribution in [0, 0.1) is 13.8 Å². The van der Waals surface area contributed by atoms with Crippen LogP contribution in [0.1, 0.15) is 11.1 Å². The number of benzene rings is 1. The molecule has 1 aromatic rings. The van der Waals surface area contributed by atoms with Gasteiger partial charge in [-0.15, -0.1) is 11.8 Å². The molecule has 0 bridgehead atoms. The summed E-state index contributed by atoms with van der Waals surface area (Å²) in [5, 5.41) is 19.4. The van der Waals surface area contributed by atoms with E-state index in [0.717, 1.165) is 11.8 Å². The highest BCUT2D eigenvalue weighted by atomic mass is 32.2. The van der Waals surface area contributed by atoms with Crippen molar-refractivity contribution in [1.82, 2.24) is 0 Å². The number of phenolic OH excluding ortho intramolecular Hbond substituents is 2. The Bertz CT molecular complexity index is 522. The van der Waals surface area contributed by atoms with E-state index in [9.17, 15) is 18.6 Å². The zero-order valence-corrected chi connectivity index (χ0v) is 11.1. The van der Waals surface area contributed by atoms with Gasteiger partial charge in [0.05, 0.1) is 10.6 Å². The fourth-order valence-corrected chi connectivity index (χ4v) is 3.27. The zero-order valence-electron chi connectivity index (χ0n) is 9.47. The van der Waals surface area contributed by atoms with Gasteiger partial charge in [-0.3, -0.25) is 4.55 Å². The van der Waals surface area contributed by atoms with Crippen molar-refractivity contribution in [3.63, 3.8) is 0 Å². The first kappa shape index (κ1) is 14.1. The molecule has 1 rings (SSSR count). The number of hydrogen-bond acceptors (Lipinski definition) is 5. The molecule has 0 saturated carbocycles. The van der Waals surface area contributed by atoms with E-state index in [-0.39, 0.29) is 17.3 Å². The molecule has 17 heavy (non-hydrogen) atoms. The highest BCUT2D eigenvalue weighted by Crippen LogP contribution is 2.38. The van der Waals surface area contributed by atoms with E-state index in [2.05, 4.69) is 0 Å². The molecule has 0 saturated heterocycles. The molecule has 3 N–H and O–H groups in total. The summed E-state index contributed by atoms with van der Waals surface area (Å²) in [6, 6.07) is 1.41. The lowest BCUT2D eigenvalue weighted by atomic mass is 10.1. The van der Waals surface area contributed by atoms with Crippen molar-refractivity contribution in [3.05, 3.63) is 17.2 Å². The van der Waals surface area contributed by atoms with Gasteiger partial charge in [0.2, 0.25) is 0 Å². The highest BCUT2D eigenvalue weighted by Gasteiger charge is 2.13. The number of rotatable bonds is 4. The number of aromatic hydroxyl groups is 2. The van der Waals surface area contributed by atoms with Gasteiger partial charge in [0.15, 0.2) is 0 Å². The summed E-state index contributed by atoms with van der Waals surface area (Å²) >= 11 is 1.07. The summed E-state index contributed by atoms with van der Waals surface area (Å²) in [5.41, 5.74) is 1.06. The number of phenols is 2. The Balaban J connectivity index is 2.89. The quantitative estimate of drug-likeness (QED) is 0.441. The van der Waals surface area contributed by atoms with Gasteiger partial charge < -0.3 is 10.2 Å². The van der Waals surface area contributed by atoms with Crippen LogP contribution in [0.2, 0.25) is 0 Å². The molecule has 0 aliphatic heterocycles. The van der Waals surface area contributed by atoms with Crippen LogP contribution in [0.3, 0.4) is 0 Å². The number of aryl methyl sites for hydroxylation is 1. The summed E-state index contributed by atoms with van der Waals surface area (Å²) in [7, 11) is -4.00. The summed E-state index contributed by atoms with van der Waals surface area (Å²) < 4.78 is 29.7. The van der Waals surface area contributed by atoms with Gasteiger partial charge in [-0.05, 0) is 25.5 Å². The first-order chi connectivity index (χ1) is 7.72. The van der Waals surface area contributed by atoms with Crippen LogP contribution in [0.15, 0.2) is 11.0 Å². The van der Waals surface area contributed by atoms with Crippen molar-refractivity contribution in [2.75, 3.05) is 11.5 Å². The van der Waals surface area contributed by atoms with Crippen molar-refractivity contribution in [2.24, 2.45) is 0 Å². The predicted octanol–water partition coefficient (Wildman–Crippen LogP) is 1.69. The number of hydrogen-bond donors (Lipinski definition) is 3. The van der Waals surface area contributed by atoms with E-state index >= 15 is 0 Å². The molecule has 0 radical (unpaired) electrons. The minimum absolute atomic E-state index is 0.00172. The van der Waals surface area contributed by atoms with Crippen LogP contribution < -0.4 is 0 Å². The smallest absolute Gasteiger partial charge is 0.265 e. The monoisotopic (exact) mass is 278 g/mol. The molecule has 0 fully saturated rings. The van der Waals surface area contributed by atoms with Gasteiger partial charge in [-0.25, -0.2) is 0 Å². The summed E-state index contributed by atoms with van der Waals surface area (Å²) in [4.78, 5) is 0.428. The first-order valence-corrected chi connectivity index (χ1v) is 7.42. The molecule has 0 aliphatic rings. The predicted molar refractivity (Wildman–Crippen MR) is 66.4 cm³/mol. The molecule has 5 nitrogen and oxygen atoms in total. The van der Waals surface area contributed by atoms with Crippen molar-refractivity contribution < 1.29 is 23.2 Å². The molecular weight excluding hydrogens is 264 g/mol. The van der Waals surface area contributed by atoms with Gasteiger partial charge >= 0.3 is 0 Å². The Hall–Kier alpha value is -0.920. The third-order valence-corrected chi connectivity index (χ3v) is 4.43. The average molecular weight is 278 g/mol. The van der Waals surface area contributed by atoms with Crippen LogP contribution in [0.25, 0.3) is 0 Å². The topological polar surface area (TPSA) is 94.8 Å². The standard InChI is InChI=1S/C10H14O5S2/c1-6-5-8(11)10(7(2)9(6)12)16-3-4-17(13,14)15/h5,11-12H,3-4H2,1-2H3,(H,13,14,15). The van der Waals surface area contributed by atoms with Crippen molar-refractivity contribution in [3.8, 4) is 11.5 Å². The van der Waals surface area contributed by atoms with Crippen molar-refractivity contribution in [2.45, 2.75) is 18.7 Å². The molecule has 1 aromatic carbocycles. The SMILES string of the molecule is Cc1cc(O)c(SCCS(=O)(=O)O)c(C)c1O. The van der Waals surface area contributed by atoms with Crippen molar-refractivity contribution in [1.29, 1.82) is 0 Å². The summed E-state index contributed by atoms with van der Waals surface area (Å²) in [6.45, 7) is 3.30.